The summed E-state index contributed by atoms with van der Waals surface area (Å²) >= 11 is 8.49. The molecule has 0 aromatic heterocycles. The standard InChI is InChI=1S/C17H24ClNS/c1-12-4-2-6-15(10-12)20-17-13(5-3-7-16(17)18)11-19-14-8-9-14/h3,5,7,12,14-15,19H,2,4,6,8-11H2,1H3. The third-order valence-corrected chi connectivity index (χ3v) is 6.29. The Morgan fingerprint density at radius 3 is 2.85 bits per heavy atom. The molecule has 0 spiro atoms. The minimum Gasteiger partial charge on any atom is -0.310 e. The van der Waals surface area contributed by atoms with Crippen molar-refractivity contribution in [1.82, 2.24) is 5.32 Å². The van der Waals surface area contributed by atoms with E-state index in [1.165, 1.54) is 49.0 Å². The van der Waals surface area contributed by atoms with Gasteiger partial charge in [-0.3, -0.25) is 0 Å². The fourth-order valence-corrected chi connectivity index (χ4v) is 4.86. The van der Waals surface area contributed by atoms with Gasteiger partial charge >= 0.3 is 0 Å². The second-order valence-corrected chi connectivity index (χ2v) is 8.11. The molecule has 2 unspecified atom stereocenters. The molecule has 1 aromatic rings. The average Bonchev–Trinajstić information content (AvgIpc) is 3.24. The van der Waals surface area contributed by atoms with E-state index < -0.39 is 0 Å². The molecule has 0 heterocycles. The average molecular weight is 310 g/mol. The lowest BCUT2D eigenvalue weighted by Crippen LogP contribution is -2.17. The third kappa shape index (κ3) is 3.93. The van der Waals surface area contributed by atoms with E-state index in [0.717, 1.165) is 28.8 Å². The summed E-state index contributed by atoms with van der Waals surface area (Å²) in [6, 6.07) is 7.11. The lowest BCUT2D eigenvalue weighted by atomic mass is 9.91. The molecule has 2 fully saturated rings. The monoisotopic (exact) mass is 309 g/mol. The van der Waals surface area contributed by atoms with Crippen molar-refractivity contribution in [3.63, 3.8) is 0 Å². The van der Waals surface area contributed by atoms with E-state index in [4.69, 9.17) is 11.6 Å². The Labute approximate surface area is 131 Å². The first-order chi connectivity index (χ1) is 9.72. The van der Waals surface area contributed by atoms with Gasteiger partial charge in [-0.15, -0.1) is 11.8 Å². The van der Waals surface area contributed by atoms with Crippen LogP contribution < -0.4 is 5.32 Å². The zero-order valence-corrected chi connectivity index (χ0v) is 13.8. The maximum atomic E-state index is 6.47. The third-order valence-electron chi connectivity index (χ3n) is 4.38. The number of hydrogen-bond acceptors (Lipinski definition) is 2. The summed E-state index contributed by atoms with van der Waals surface area (Å²) < 4.78 is 0. The van der Waals surface area contributed by atoms with Crippen molar-refractivity contribution in [2.45, 2.75) is 68.2 Å². The van der Waals surface area contributed by atoms with Crippen molar-refractivity contribution in [3.05, 3.63) is 28.8 Å². The van der Waals surface area contributed by atoms with E-state index in [1.54, 1.807) is 0 Å². The molecule has 0 aliphatic heterocycles. The first-order valence-corrected chi connectivity index (χ1v) is 9.15. The zero-order valence-electron chi connectivity index (χ0n) is 12.2. The van der Waals surface area contributed by atoms with Gasteiger partial charge in [0.2, 0.25) is 0 Å². The predicted molar refractivity (Wildman–Crippen MR) is 88.6 cm³/mol. The number of benzene rings is 1. The van der Waals surface area contributed by atoms with E-state index in [1.807, 2.05) is 17.8 Å². The molecule has 0 bridgehead atoms. The molecule has 3 heteroatoms. The topological polar surface area (TPSA) is 12.0 Å². The molecule has 2 atom stereocenters. The molecule has 1 nitrogen and oxygen atoms in total. The van der Waals surface area contributed by atoms with Gasteiger partial charge < -0.3 is 5.32 Å². The molecule has 20 heavy (non-hydrogen) atoms. The molecule has 2 aliphatic rings. The molecule has 2 saturated carbocycles. The van der Waals surface area contributed by atoms with Crippen LogP contribution in [0.25, 0.3) is 0 Å². The van der Waals surface area contributed by atoms with E-state index in [2.05, 4.69) is 24.4 Å². The van der Waals surface area contributed by atoms with Crippen LogP contribution in [0.5, 0.6) is 0 Å². The summed E-state index contributed by atoms with van der Waals surface area (Å²) in [6.07, 6.45) is 8.13. The number of nitrogens with one attached hydrogen (secondary N) is 1. The van der Waals surface area contributed by atoms with Crippen LogP contribution in [0.4, 0.5) is 0 Å². The van der Waals surface area contributed by atoms with Gasteiger partial charge in [0.25, 0.3) is 0 Å². The summed E-state index contributed by atoms with van der Waals surface area (Å²) in [5, 5.41) is 5.30. The van der Waals surface area contributed by atoms with Crippen molar-refractivity contribution in [3.8, 4) is 0 Å². The van der Waals surface area contributed by atoms with Crippen LogP contribution in [0.15, 0.2) is 23.1 Å². The summed E-state index contributed by atoms with van der Waals surface area (Å²) in [5.41, 5.74) is 1.38. The van der Waals surface area contributed by atoms with Gasteiger partial charge in [-0.1, -0.05) is 43.5 Å². The normalized spacial score (nSPS) is 26.7. The summed E-state index contributed by atoms with van der Waals surface area (Å²) in [6.45, 7) is 3.35. The minimum absolute atomic E-state index is 0.748. The van der Waals surface area contributed by atoms with Gasteiger partial charge in [-0.25, -0.2) is 0 Å². The summed E-state index contributed by atoms with van der Waals surface area (Å²) in [4.78, 5) is 1.32. The van der Waals surface area contributed by atoms with Gasteiger partial charge in [0, 0.05) is 22.7 Å². The minimum atomic E-state index is 0.748. The van der Waals surface area contributed by atoms with Crippen molar-refractivity contribution in [2.24, 2.45) is 5.92 Å². The first kappa shape index (κ1) is 14.7. The summed E-state index contributed by atoms with van der Waals surface area (Å²) in [5.74, 6) is 0.872. The fraction of sp³-hybridized carbons (Fsp3) is 0.647. The molecule has 0 amide bonds. The first-order valence-electron chi connectivity index (χ1n) is 7.90. The zero-order chi connectivity index (χ0) is 13.9. The van der Waals surface area contributed by atoms with Crippen LogP contribution in [-0.2, 0) is 6.54 Å². The molecule has 1 aromatic carbocycles. The van der Waals surface area contributed by atoms with Crippen LogP contribution in [0, 0.1) is 5.92 Å². The lowest BCUT2D eigenvalue weighted by molar-refractivity contribution is 0.394. The highest BCUT2D eigenvalue weighted by molar-refractivity contribution is 8.00. The maximum Gasteiger partial charge on any atom is 0.0545 e. The Morgan fingerprint density at radius 1 is 1.25 bits per heavy atom. The second kappa shape index (κ2) is 6.72. The van der Waals surface area contributed by atoms with Crippen LogP contribution >= 0.6 is 23.4 Å². The van der Waals surface area contributed by atoms with E-state index >= 15 is 0 Å². The Hall–Kier alpha value is -0.180. The maximum absolute atomic E-state index is 6.47. The molecule has 0 saturated heterocycles. The van der Waals surface area contributed by atoms with E-state index in [-0.39, 0.29) is 0 Å². The number of rotatable bonds is 5. The Kier molecular flexibility index (Phi) is 4.95. The Morgan fingerprint density at radius 2 is 2.10 bits per heavy atom. The van der Waals surface area contributed by atoms with Crippen molar-refractivity contribution >= 4 is 23.4 Å². The Balaban J connectivity index is 1.69. The predicted octanol–water partition coefficient (Wildman–Crippen LogP) is 5.26. The molecule has 2 aliphatic carbocycles. The Bertz CT molecular complexity index is 458. The molecule has 0 radical (unpaired) electrons. The SMILES string of the molecule is CC1CCCC(Sc2c(Cl)cccc2CNC2CC2)C1. The molecule has 110 valence electrons. The van der Waals surface area contributed by atoms with Gasteiger partial charge in [0.1, 0.15) is 0 Å². The van der Waals surface area contributed by atoms with E-state index in [0.29, 0.717) is 0 Å². The van der Waals surface area contributed by atoms with Gasteiger partial charge in [-0.05, 0) is 43.2 Å². The number of thioether (sulfide) groups is 1. The highest BCUT2D eigenvalue weighted by Crippen LogP contribution is 2.40. The highest BCUT2D eigenvalue weighted by atomic mass is 35.5. The van der Waals surface area contributed by atoms with Crippen LogP contribution in [0.1, 0.15) is 51.0 Å². The smallest absolute Gasteiger partial charge is 0.0545 e. The fourth-order valence-electron chi connectivity index (χ4n) is 3.02. The van der Waals surface area contributed by atoms with Gasteiger partial charge in [0.05, 0.1) is 5.02 Å². The van der Waals surface area contributed by atoms with Crippen molar-refractivity contribution in [1.29, 1.82) is 0 Å². The molecular weight excluding hydrogens is 286 g/mol. The van der Waals surface area contributed by atoms with Crippen LogP contribution in [-0.4, -0.2) is 11.3 Å². The largest absolute Gasteiger partial charge is 0.310 e. The van der Waals surface area contributed by atoms with Crippen LogP contribution in [0.3, 0.4) is 0 Å². The molecular formula is C17H24ClNS. The van der Waals surface area contributed by atoms with Gasteiger partial charge in [-0.2, -0.15) is 0 Å². The summed E-state index contributed by atoms with van der Waals surface area (Å²) in [7, 11) is 0. The number of hydrogen-bond donors (Lipinski definition) is 1. The van der Waals surface area contributed by atoms with Gasteiger partial charge in [0.15, 0.2) is 0 Å². The second-order valence-electron chi connectivity index (χ2n) is 6.39. The molecule has 3 rings (SSSR count). The number of halogens is 1. The lowest BCUT2D eigenvalue weighted by Gasteiger charge is -2.27. The quantitative estimate of drug-likeness (QED) is 0.796. The van der Waals surface area contributed by atoms with E-state index in [9.17, 15) is 0 Å². The van der Waals surface area contributed by atoms with Crippen molar-refractivity contribution < 1.29 is 0 Å². The molecule has 1 N–H and O–H groups in total. The van der Waals surface area contributed by atoms with Crippen molar-refractivity contribution in [2.75, 3.05) is 0 Å². The highest BCUT2D eigenvalue weighted by Gasteiger charge is 2.23. The van der Waals surface area contributed by atoms with Crippen LogP contribution in [0.2, 0.25) is 5.02 Å².